The van der Waals surface area contributed by atoms with Crippen LogP contribution in [0.15, 0.2) is 89.8 Å². The zero-order valence-electron chi connectivity index (χ0n) is 33.1. The van der Waals surface area contributed by atoms with Gasteiger partial charge in [-0.25, -0.2) is 9.59 Å². The first-order valence-electron chi connectivity index (χ1n) is 18.9. The zero-order valence-corrected chi connectivity index (χ0v) is 33.9. The number of nitrogens with zero attached hydrogens (tertiary/aromatic N) is 2. The highest BCUT2D eigenvalue weighted by Gasteiger charge is 2.30. The first-order chi connectivity index (χ1) is 26.4. The van der Waals surface area contributed by atoms with Crippen molar-refractivity contribution in [1.29, 1.82) is 0 Å². The molecule has 3 aromatic carbocycles. The summed E-state index contributed by atoms with van der Waals surface area (Å²) >= 11 is 0. The first kappa shape index (κ1) is 43.4. The van der Waals surface area contributed by atoms with Gasteiger partial charge in [-0.1, -0.05) is 40.9 Å². The monoisotopic (exact) mass is 793 g/mol. The van der Waals surface area contributed by atoms with Crippen LogP contribution in [0, 0.1) is 5.92 Å². The number of unbranched alkanes of at least 4 members (excludes halogenated alkanes) is 1. The average Bonchev–Trinajstić information content (AvgIpc) is 3.15. The topological polar surface area (TPSA) is 173 Å². The highest BCUT2D eigenvalue weighted by molar-refractivity contribution is 7.92. The van der Waals surface area contributed by atoms with E-state index in [0.29, 0.717) is 57.6 Å². The van der Waals surface area contributed by atoms with E-state index in [9.17, 15) is 27.6 Å². The van der Waals surface area contributed by atoms with Gasteiger partial charge in [-0.3, -0.25) is 9.59 Å². The highest BCUT2D eigenvalue weighted by Crippen LogP contribution is 2.26. The number of hydrogen-bond donors (Lipinski definition) is 3. The highest BCUT2D eigenvalue weighted by atomic mass is 32.2. The third kappa shape index (κ3) is 13.8. The Balaban J connectivity index is 1.41. The van der Waals surface area contributed by atoms with E-state index in [1.54, 1.807) is 86.3 Å². The summed E-state index contributed by atoms with van der Waals surface area (Å²) in [6.07, 6.45) is 1.76. The van der Waals surface area contributed by atoms with Crippen molar-refractivity contribution in [3.05, 3.63) is 90.5 Å². The Morgan fingerprint density at radius 2 is 1.38 bits per heavy atom. The molecule has 1 aliphatic heterocycles. The molecule has 304 valence electrons. The molecule has 0 radical (unpaired) electrons. The predicted molar refractivity (Wildman–Crippen MR) is 213 cm³/mol. The fourth-order valence-electron chi connectivity index (χ4n) is 5.74. The van der Waals surface area contributed by atoms with Gasteiger partial charge in [0.1, 0.15) is 17.2 Å². The number of para-hydroxylation sites is 2. The number of sulfonamides is 1. The number of carbonyl (C=O) groups excluding carboxylic acids is 4. The average molecular weight is 794 g/mol. The normalized spacial score (nSPS) is 14.2. The standard InChI is InChI=1S/C41H55N5O9S/c1-40(2,3)53-38(49)42-26-14-13-19-35(37(48)43-29-30-24-27-45(28-25-30)39(50)54-41(4,5)6)44-36(47)31-20-22-34(23-21-31)56(51,52)46(32-15-9-7-10-16-32)55-33-17-11-8-12-18-33/h7-12,15-18,20-23,30,35H,13-14,19,24-29H2,1-6H3,(H,42,49)(H,43,48)(H,44,47). The summed E-state index contributed by atoms with van der Waals surface area (Å²) in [6, 6.07) is 21.3. The van der Waals surface area contributed by atoms with Gasteiger partial charge < -0.3 is 35.2 Å². The van der Waals surface area contributed by atoms with Crippen LogP contribution in [0.1, 0.15) is 84.0 Å². The second-order valence-electron chi connectivity index (χ2n) is 15.6. The third-order valence-electron chi connectivity index (χ3n) is 8.57. The Labute approximate surface area is 330 Å². The van der Waals surface area contributed by atoms with Crippen molar-refractivity contribution in [3.8, 4) is 5.75 Å². The van der Waals surface area contributed by atoms with Gasteiger partial charge in [0.15, 0.2) is 5.75 Å². The molecule has 0 bridgehead atoms. The molecule has 3 aromatic rings. The van der Waals surface area contributed by atoms with Gasteiger partial charge in [-0.05, 0) is 128 Å². The van der Waals surface area contributed by atoms with Crippen molar-refractivity contribution in [2.24, 2.45) is 5.92 Å². The lowest BCUT2D eigenvalue weighted by Crippen LogP contribution is -2.49. The van der Waals surface area contributed by atoms with Crippen LogP contribution in [0.25, 0.3) is 0 Å². The van der Waals surface area contributed by atoms with Crippen LogP contribution in [0.3, 0.4) is 0 Å². The number of rotatable bonds is 15. The SMILES string of the molecule is CC(C)(C)OC(=O)NCCCCC(NC(=O)c1ccc(S(=O)(=O)N(Oc2ccccc2)c2ccccc2)cc1)C(=O)NCC1CCN(C(=O)OC(C)(C)C)CC1. The molecule has 0 spiro atoms. The maximum absolute atomic E-state index is 13.9. The Kier molecular flexibility index (Phi) is 15.1. The number of ether oxygens (including phenoxy) is 2. The van der Waals surface area contributed by atoms with E-state index in [0.717, 1.165) is 4.47 Å². The van der Waals surface area contributed by atoms with Crippen molar-refractivity contribution in [3.63, 3.8) is 0 Å². The molecule has 56 heavy (non-hydrogen) atoms. The van der Waals surface area contributed by atoms with Crippen molar-refractivity contribution in [2.45, 2.75) is 95.8 Å². The third-order valence-corrected chi connectivity index (χ3v) is 10.2. The molecule has 0 saturated carbocycles. The molecule has 1 aliphatic rings. The van der Waals surface area contributed by atoms with Crippen LogP contribution in [-0.4, -0.2) is 80.7 Å². The summed E-state index contributed by atoms with van der Waals surface area (Å²) in [5, 5.41) is 8.50. The predicted octanol–water partition coefficient (Wildman–Crippen LogP) is 6.43. The second kappa shape index (κ2) is 19.5. The number of nitrogens with one attached hydrogen (secondary N) is 3. The van der Waals surface area contributed by atoms with Crippen molar-refractivity contribution in [1.82, 2.24) is 20.9 Å². The molecule has 0 aliphatic carbocycles. The van der Waals surface area contributed by atoms with E-state index in [1.165, 1.54) is 24.3 Å². The van der Waals surface area contributed by atoms with Crippen molar-refractivity contribution < 1.29 is 41.9 Å². The number of hydrogen-bond acceptors (Lipinski definition) is 9. The maximum atomic E-state index is 13.9. The van der Waals surface area contributed by atoms with E-state index >= 15 is 0 Å². The van der Waals surface area contributed by atoms with Gasteiger partial charge in [0.05, 0.1) is 10.6 Å². The molecular formula is C41H55N5O9S. The minimum absolute atomic E-state index is 0.113. The van der Waals surface area contributed by atoms with E-state index in [4.69, 9.17) is 14.3 Å². The largest absolute Gasteiger partial charge is 0.444 e. The summed E-state index contributed by atoms with van der Waals surface area (Å²) in [5.74, 6) is -0.495. The molecule has 0 aromatic heterocycles. The zero-order chi connectivity index (χ0) is 40.9. The van der Waals surface area contributed by atoms with Gasteiger partial charge in [0, 0.05) is 31.7 Å². The Morgan fingerprint density at radius 1 is 0.786 bits per heavy atom. The number of anilines is 1. The van der Waals surface area contributed by atoms with E-state index in [2.05, 4.69) is 16.0 Å². The van der Waals surface area contributed by atoms with Crippen LogP contribution in [0.5, 0.6) is 5.75 Å². The molecule has 1 heterocycles. The summed E-state index contributed by atoms with van der Waals surface area (Å²) in [4.78, 5) is 59.0. The van der Waals surface area contributed by atoms with Crippen molar-refractivity contribution in [2.75, 3.05) is 30.6 Å². The number of likely N-dealkylation sites (tertiary alicyclic amines) is 1. The molecular weight excluding hydrogens is 739 g/mol. The summed E-state index contributed by atoms with van der Waals surface area (Å²) in [7, 11) is -4.25. The van der Waals surface area contributed by atoms with Crippen LogP contribution >= 0.6 is 0 Å². The Morgan fingerprint density at radius 3 is 1.96 bits per heavy atom. The lowest BCUT2D eigenvalue weighted by molar-refractivity contribution is -0.123. The molecule has 14 nitrogen and oxygen atoms in total. The Bertz CT molecular complexity index is 1850. The van der Waals surface area contributed by atoms with E-state index < -0.39 is 39.3 Å². The van der Waals surface area contributed by atoms with Crippen LogP contribution in [-0.2, 0) is 24.3 Å². The van der Waals surface area contributed by atoms with Gasteiger partial charge >= 0.3 is 12.2 Å². The lowest BCUT2D eigenvalue weighted by atomic mass is 9.96. The number of carbonyl (C=O) groups is 4. The van der Waals surface area contributed by atoms with Gasteiger partial charge in [0.2, 0.25) is 5.91 Å². The summed E-state index contributed by atoms with van der Waals surface area (Å²) in [6.45, 7) is 12.5. The molecule has 1 atom stereocenters. The molecule has 4 amide bonds. The molecule has 4 rings (SSSR count). The lowest BCUT2D eigenvalue weighted by Gasteiger charge is -2.33. The fourth-order valence-corrected chi connectivity index (χ4v) is 7.00. The molecule has 1 fully saturated rings. The maximum Gasteiger partial charge on any atom is 0.410 e. The van der Waals surface area contributed by atoms with E-state index in [1.807, 2.05) is 20.8 Å². The quantitative estimate of drug-likeness (QED) is 0.116. The molecule has 15 heteroatoms. The Hall–Kier alpha value is -5.31. The number of benzene rings is 3. The molecule has 1 unspecified atom stereocenters. The summed E-state index contributed by atoms with van der Waals surface area (Å²) in [5.41, 5.74) is -0.794. The minimum atomic E-state index is -4.25. The summed E-state index contributed by atoms with van der Waals surface area (Å²) < 4.78 is 39.3. The van der Waals surface area contributed by atoms with Crippen LogP contribution in [0.2, 0.25) is 0 Å². The van der Waals surface area contributed by atoms with Gasteiger partial charge in [0.25, 0.3) is 15.9 Å². The first-order valence-corrected chi connectivity index (χ1v) is 20.3. The minimum Gasteiger partial charge on any atom is -0.444 e. The van der Waals surface area contributed by atoms with E-state index in [-0.39, 0.29) is 40.5 Å². The smallest absolute Gasteiger partial charge is 0.410 e. The molecule has 1 saturated heterocycles. The van der Waals surface area contributed by atoms with Gasteiger partial charge in [-0.15, -0.1) is 0 Å². The van der Waals surface area contributed by atoms with Crippen LogP contribution < -0.4 is 25.3 Å². The number of piperidine rings is 1. The van der Waals surface area contributed by atoms with Gasteiger partial charge in [-0.2, -0.15) is 8.42 Å². The van der Waals surface area contributed by atoms with Crippen molar-refractivity contribution >= 4 is 39.7 Å². The molecule has 3 N–H and O–H groups in total. The number of amides is 4. The number of alkyl carbamates (subject to hydrolysis) is 1. The fraction of sp³-hybridized carbons (Fsp3) is 0.463. The second-order valence-corrected chi connectivity index (χ2v) is 17.4. The van der Waals surface area contributed by atoms with Crippen LogP contribution in [0.4, 0.5) is 15.3 Å².